The fourth-order valence-corrected chi connectivity index (χ4v) is 3.33. The number of hydrogen-bond acceptors (Lipinski definition) is 8. The maximum atomic E-state index is 6.04. The number of fused-ring (bicyclic) bond motifs is 1. The summed E-state index contributed by atoms with van der Waals surface area (Å²) in [5, 5.41) is 2.07. The molecule has 0 fully saturated rings. The first-order chi connectivity index (χ1) is 10.5. The van der Waals surface area contributed by atoms with Crippen LogP contribution in [-0.4, -0.2) is 38.5 Å². The van der Waals surface area contributed by atoms with E-state index in [0.717, 1.165) is 30.9 Å². The van der Waals surface area contributed by atoms with Crippen LogP contribution in [0.4, 0.5) is 11.8 Å². The van der Waals surface area contributed by atoms with Crippen molar-refractivity contribution in [3.05, 3.63) is 22.1 Å². The van der Waals surface area contributed by atoms with E-state index in [1.807, 2.05) is 5.51 Å². The number of nitrogens with zero attached hydrogens (tertiary/aromatic N) is 4. The van der Waals surface area contributed by atoms with E-state index in [9.17, 15) is 0 Å². The molecule has 1 aliphatic rings. The van der Waals surface area contributed by atoms with Crippen molar-refractivity contribution in [1.29, 1.82) is 0 Å². The monoisotopic (exact) mass is 320 g/mol. The van der Waals surface area contributed by atoms with Crippen LogP contribution in [0, 0.1) is 0 Å². The van der Waals surface area contributed by atoms with Gasteiger partial charge in [0.25, 0.3) is 0 Å². The molecule has 0 aliphatic carbocycles. The Balaban J connectivity index is 1.73. The molecule has 3 heterocycles. The molecule has 0 amide bonds. The highest BCUT2D eigenvalue weighted by atomic mass is 32.1. The Morgan fingerprint density at radius 2 is 2.23 bits per heavy atom. The normalized spacial score (nSPS) is 20.1. The molecular weight excluding hydrogens is 300 g/mol. The minimum Gasteiger partial charge on any atom is -0.469 e. The highest BCUT2D eigenvalue weighted by Crippen LogP contribution is 2.37. The first kappa shape index (κ1) is 15.0. The minimum atomic E-state index is -0.384. The van der Waals surface area contributed by atoms with Crippen molar-refractivity contribution < 1.29 is 4.74 Å². The third-order valence-corrected chi connectivity index (χ3v) is 4.42. The summed E-state index contributed by atoms with van der Waals surface area (Å²) < 4.78 is 6.04. The Hall–Kier alpha value is -1.93. The van der Waals surface area contributed by atoms with E-state index in [-0.39, 0.29) is 11.5 Å². The lowest BCUT2D eigenvalue weighted by Gasteiger charge is -2.30. The fraction of sp³-hybridized carbons (Fsp3) is 0.500. The fourth-order valence-electron chi connectivity index (χ4n) is 2.78. The molecule has 7 nitrogen and oxygen atoms in total. The van der Waals surface area contributed by atoms with Crippen LogP contribution >= 0.6 is 11.3 Å². The summed E-state index contributed by atoms with van der Waals surface area (Å²) in [5.41, 5.74) is 15.0. The Labute approximate surface area is 133 Å². The summed E-state index contributed by atoms with van der Waals surface area (Å²) in [6.07, 6.45) is 0.683. The highest BCUT2D eigenvalue weighted by Gasteiger charge is 2.39. The Morgan fingerprint density at radius 1 is 1.41 bits per heavy atom. The lowest BCUT2D eigenvalue weighted by molar-refractivity contribution is 0.0587. The van der Waals surface area contributed by atoms with Crippen molar-refractivity contribution in [2.24, 2.45) is 0 Å². The van der Waals surface area contributed by atoms with Gasteiger partial charge in [0.2, 0.25) is 11.8 Å². The maximum absolute atomic E-state index is 6.04. The first-order valence-corrected chi connectivity index (χ1v) is 8.13. The Bertz CT molecular complexity index is 662. The SMILES string of the molecule is CCN(Cc1cscn1)C[C@]1(C)Cc2c(N)nc(N)nc2O1. The van der Waals surface area contributed by atoms with E-state index in [4.69, 9.17) is 16.2 Å². The highest BCUT2D eigenvalue weighted by molar-refractivity contribution is 7.07. The number of ether oxygens (including phenoxy) is 1. The minimum absolute atomic E-state index is 0.148. The lowest BCUT2D eigenvalue weighted by atomic mass is 9.99. The molecule has 0 saturated carbocycles. The second-order valence-electron chi connectivity index (χ2n) is 5.76. The summed E-state index contributed by atoms with van der Waals surface area (Å²) in [5.74, 6) is 1.07. The first-order valence-electron chi connectivity index (χ1n) is 7.19. The molecule has 0 spiro atoms. The maximum Gasteiger partial charge on any atom is 0.225 e. The molecule has 0 saturated heterocycles. The van der Waals surface area contributed by atoms with E-state index in [1.54, 1.807) is 11.3 Å². The number of aromatic nitrogens is 3. The zero-order valence-electron chi connectivity index (χ0n) is 12.7. The smallest absolute Gasteiger partial charge is 0.225 e. The van der Waals surface area contributed by atoms with Gasteiger partial charge in [-0.1, -0.05) is 6.92 Å². The molecule has 4 N–H and O–H groups in total. The van der Waals surface area contributed by atoms with E-state index in [1.165, 1.54) is 0 Å². The number of thiazole rings is 1. The summed E-state index contributed by atoms with van der Waals surface area (Å²) >= 11 is 1.61. The molecule has 0 unspecified atom stereocenters. The van der Waals surface area contributed by atoms with Crippen LogP contribution in [0.3, 0.4) is 0 Å². The predicted octanol–water partition coefficient (Wildman–Crippen LogP) is 1.31. The van der Waals surface area contributed by atoms with Gasteiger partial charge in [0, 0.05) is 24.9 Å². The quantitative estimate of drug-likeness (QED) is 0.856. The van der Waals surface area contributed by atoms with E-state index in [0.29, 0.717) is 18.1 Å². The van der Waals surface area contributed by atoms with Crippen LogP contribution in [0.1, 0.15) is 25.1 Å². The van der Waals surface area contributed by atoms with Gasteiger partial charge >= 0.3 is 0 Å². The summed E-state index contributed by atoms with van der Waals surface area (Å²) in [4.78, 5) is 14.8. The topological polar surface area (TPSA) is 103 Å². The lowest BCUT2D eigenvalue weighted by Crippen LogP contribution is -2.44. The van der Waals surface area contributed by atoms with Crippen molar-refractivity contribution in [2.45, 2.75) is 32.4 Å². The van der Waals surface area contributed by atoms with Crippen LogP contribution in [0.15, 0.2) is 10.9 Å². The molecule has 1 atom stereocenters. The molecule has 22 heavy (non-hydrogen) atoms. The van der Waals surface area contributed by atoms with Crippen LogP contribution in [0.5, 0.6) is 5.88 Å². The number of hydrogen-bond donors (Lipinski definition) is 2. The summed E-state index contributed by atoms with van der Waals surface area (Å²) in [6, 6.07) is 0. The van der Waals surface area contributed by atoms with E-state index >= 15 is 0 Å². The van der Waals surface area contributed by atoms with Gasteiger partial charge in [-0.15, -0.1) is 11.3 Å². The van der Waals surface area contributed by atoms with Crippen molar-refractivity contribution in [3.63, 3.8) is 0 Å². The van der Waals surface area contributed by atoms with Crippen molar-refractivity contribution in [1.82, 2.24) is 19.9 Å². The van der Waals surface area contributed by atoms with Crippen molar-refractivity contribution in [3.8, 4) is 5.88 Å². The number of anilines is 2. The van der Waals surface area contributed by atoms with Crippen LogP contribution in [0.25, 0.3) is 0 Å². The molecule has 2 aromatic rings. The Kier molecular flexibility index (Phi) is 3.88. The summed E-state index contributed by atoms with van der Waals surface area (Å²) in [7, 11) is 0. The molecule has 8 heteroatoms. The average Bonchev–Trinajstić information content (AvgIpc) is 3.05. The second kappa shape index (κ2) is 5.69. The van der Waals surface area contributed by atoms with Crippen LogP contribution < -0.4 is 16.2 Å². The van der Waals surface area contributed by atoms with Gasteiger partial charge < -0.3 is 16.2 Å². The van der Waals surface area contributed by atoms with Crippen molar-refractivity contribution >= 4 is 23.1 Å². The van der Waals surface area contributed by atoms with Gasteiger partial charge in [-0.2, -0.15) is 9.97 Å². The number of nitrogen functional groups attached to an aromatic ring is 2. The van der Waals surface area contributed by atoms with Crippen molar-refractivity contribution in [2.75, 3.05) is 24.6 Å². The van der Waals surface area contributed by atoms with Gasteiger partial charge in [0.05, 0.1) is 16.8 Å². The van der Waals surface area contributed by atoms with Gasteiger partial charge in [0.1, 0.15) is 11.4 Å². The molecule has 0 radical (unpaired) electrons. The number of rotatable bonds is 5. The molecule has 3 rings (SSSR count). The third-order valence-electron chi connectivity index (χ3n) is 3.79. The molecule has 0 bridgehead atoms. The summed E-state index contributed by atoms with van der Waals surface area (Å²) in [6.45, 7) is 6.67. The predicted molar refractivity (Wildman–Crippen MR) is 86.7 cm³/mol. The number of nitrogens with two attached hydrogens (primary N) is 2. The van der Waals surface area contributed by atoms with Crippen LogP contribution in [0.2, 0.25) is 0 Å². The number of likely N-dealkylation sites (N-methyl/N-ethyl adjacent to an activating group) is 1. The van der Waals surface area contributed by atoms with E-state index in [2.05, 4.69) is 39.1 Å². The molecular formula is C14H20N6OS. The molecule has 2 aromatic heterocycles. The standard InChI is InChI=1S/C14H20N6OS/c1-3-20(5-9-6-22-8-17-9)7-14(2)4-10-11(15)18-13(16)19-12(10)21-14/h6,8H,3-5,7H2,1-2H3,(H4,15,16,18,19)/t14-/m0/s1. The molecule has 1 aliphatic heterocycles. The third kappa shape index (κ3) is 2.97. The molecule has 0 aromatic carbocycles. The second-order valence-corrected chi connectivity index (χ2v) is 6.48. The van der Waals surface area contributed by atoms with Gasteiger partial charge in [0.15, 0.2) is 0 Å². The molecule has 118 valence electrons. The van der Waals surface area contributed by atoms with Gasteiger partial charge in [-0.05, 0) is 13.5 Å². The van der Waals surface area contributed by atoms with E-state index < -0.39 is 0 Å². The zero-order chi connectivity index (χ0) is 15.7. The van der Waals surface area contributed by atoms with Gasteiger partial charge in [-0.3, -0.25) is 4.90 Å². The largest absolute Gasteiger partial charge is 0.469 e. The zero-order valence-corrected chi connectivity index (χ0v) is 13.6. The van der Waals surface area contributed by atoms with Gasteiger partial charge in [-0.25, -0.2) is 4.98 Å². The average molecular weight is 320 g/mol. The van der Waals surface area contributed by atoms with Crippen LogP contribution in [-0.2, 0) is 13.0 Å². The Morgan fingerprint density at radius 3 is 2.91 bits per heavy atom.